The van der Waals surface area contributed by atoms with Gasteiger partial charge in [0.15, 0.2) is 5.16 Å². The number of benzene rings is 1. The average Bonchev–Trinajstić information content (AvgIpc) is 3.00. The number of nitrogens with zero attached hydrogens (tertiary/aromatic N) is 4. The van der Waals surface area contributed by atoms with Crippen molar-refractivity contribution in [3.05, 3.63) is 29.3 Å². The molecule has 2 aromatic rings. The van der Waals surface area contributed by atoms with Crippen molar-refractivity contribution in [2.24, 2.45) is 7.05 Å². The molecule has 1 aromatic carbocycles. The van der Waals surface area contributed by atoms with Gasteiger partial charge in [0, 0.05) is 25.8 Å². The molecule has 3 rings (SSSR count). The lowest BCUT2D eigenvalue weighted by Gasteiger charge is -2.27. The van der Waals surface area contributed by atoms with Gasteiger partial charge in [0.2, 0.25) is 11.9 Å². The summed E-state index contributed by atoms with van der Waals surface area (Å²) in [7, 11) is 1.93. The van der Waals surface area contributed by atoms with Gasteiger partial charge in [-0.15, -0.1) is 10.2 Å². The molecular weight excluding hydrogens is 350 g/mol. The standard InChI is InChI=1S/C18H25N5O2S/c1-12-6-5-7-15(13(12)2)19-16(24)14(3)26-18-21-20-17(22(18)4)23-8-10-25-11-9-23/h5-7,14H,8-11H2,1-4H3,(H,19,24). The highest BCUT2D eigenvalue weighted by molar-refractivity contribution is 8.00. The van der Waals surface area contributed by atoms with Crippen LogP contribution in [-0.2, 0) is 16.6 Å². The maximum absolute atomic E-state index is 12.6. The quantitative estimate of drug-likeness (QED) is 0.809. The first-order chi connectivity index (χ1) is 12.5. The van der Waals surface area contributed by atoms with Gasteiger partial charge in [-0.2, -0.15) is 0 Å². The number of morpholine rings is 1. The number of thioether (sulfide) groups is 1. The van der Waals surface area contributed by atoms with Crippen LogP contribution in [0.3, 0.4) is 0 Å². The first-order valence-electron chi connectivity index (χ1n) is 8.73. The van der Waals surface area contributed by atoms with Crippen molar-refractivity contribution in [1.82, 2.24) is 14.8 Å². The Morgan fingerprint density at radius 3 is 2.73 bits per heavy atom. The predicted octanol–water partition coefficient (Wildman–Crippen LogP) is 2.39. The molecule has 8 heteroatoms. The summed E-state index contributed by atoms with van der Waals surface area (Å²) >= 11 is 1.41. The Hall–Kier alpha value is -2.06. The summed E-state index contributed by atoms with van der Waals surface area (Å²) < 4.78 is 7.32. The molecule has 1 fully saturated rings. The van der Waals surface area contributed by atoms with Crippen molar-refractivity contribution in [2.45, 2.75) is 31.2 Å². The average molecular weight is 375 g/mol. The van der Waals surface area contributed by atoms with E-state index in [0.29, 0.717) is 13.2 Å². The molecule has 1 amide bonds. The van der Waals surface area contributed by atoms with Crippen LogP contribution in [0.4, 0.5) is 11.6 Å². The van der Waals surface area contributed by atoms with E-state index in [1.807, 2.05) is 50.6 Å². The first kappa shape index (κ1) is 18.7. The molecular formula is C18H25N5O2S. The molecule has 0 bridgehead atoms. The molecule has 1 unspecified atom stereocenters. The molecule has 0 saturated carbocycles. The number of rotatable bonds is 5. The van der Waals surface area contributed by atoms with Crippen molar-refractivity contribution in [3.63, 3.8) is 0 Å². The second kappa shape index (κ2) is 8.09. The monoisotopic (exact) mass is 375 g/mol. The van der Waals surface area contributed by atoms with E-state index in [9.17, 15) is 4.79 Å². The van der Waals surface area contributed by atoms with E-state index in [2.05, 4.69) is 20.4 Å². The van der Waals surface area contributed by atoms with Crippen LogP contribution in [0.25, 0.3) is 0 Å². The van der Waals surface area contributed by atoms with Crippen LogP contribution in [0.1, 0.15) is 18.1 Å². The maximum Gasteiger partial charge on any atom is 0.237 e. The van der Waals surface area contributed by atoms with Gasteiger partial charge in [-0.05, 0) is 38.0 Å². The third-order valence-corrected chi connectivity index (χ3v) is 5.75. The summed E-state index contributed by atoms with van der Waals surface area (Å²) in [6.07, 6.45) is 0. The Labute approximate surface area is 158 Å². The highest BCUT2D eigenvalue weighted by Crippen LogP contribution is 2.26. The first-order valence-corrected chi connectivity index (χ1v) is 9.61. The molecule has 1 N–H and O–H groups in total. The van der Waals surface area contributed by atoms with Crippen molar-refractivity contribution >= 4 is 29.3 Å². The molecule has 1 atom stereocenters. The minimum atomic E-state index is -0.282. The van der Waals surface area contributed by atoms with Crippen molar-refractivity contribution in [3.8, 4) is 0 Å². The summed E-state index contributed by atoms with van der Waals surface area (Å²) in [4.78, 5) is 14.7. The zero-order valence-corrected chi connectivity index (χ0v) is 16.5. The summed E-state index contributed by atoms with van der Waals surface area (Å²) in [6.45, 7) is 8.94. The topological polar surface area (TPSA) is 72.3 Å². The lowest BCUT2D eigenvalue weighted by atomic mass is 10.1. The third-order valence-electron chi connectivity index (χ3n) is 4.62. The van der Waals surface area contributed by atoms with Crippen LogP contribution >= 0.6 is 11.8 Å². The minimum Gasteiger partial charge on any atom is -0.378 e. The Bertz CT molecular complexity index is 786. The molecule has 1 aromatic heterocycles. The number of aromatic nitrogens is 3. The van der Waals surface area contributed by atoms with Gasteiger partial charge in [0.05, 0.1) is 18.5 Å². The van der Waals surface area contributed by atoms with Gasteiger partial charge in [0.1, 0.15) is 0 Å². The van der Waals surface area contributed by atoms with E-state index in [4.69, 9.17) is 4.74 Å². The second-order valence-corrected chi connectivity index (χ2v) is 7.75. The molecule has 1 aliphatic heterocycles. The highest BCUT2D eigenvalue weighted by Gasteiger charge is 2.22. The van der Waals surface area contributed by atoms with E-state index < -0.39 is 0 Å². The summed E-state index contributed by atoms with van der Waals surface area (Å²) in [5, 5.41) is 12.0. The number of amides is 1. The molecule has 0 aliphatic carbocycles. The van der Waals surface area contributed by atoms with Gasteiger partial charge >= 0.3 is 0 Å². The molecule has 1 aliphatic rings. The number of nitrogens with one attached hydrogen (secondary N) is 1. The number of aryl methyl sites for hydroxylation is 1. The van der Waals surface area contributed by atoms with E-state index in [0.717, 1.165) is 41.0 Å². The molecule has 0 spiro atoms. The molecule has 140 valence electrons. The van der Waals surface area contributed by atoms with Crippen LogP contribution in [0.15, 0.2) is 23.4 Å². The molecule has 26 heavy (non-hydrogen) atoms. The highest BCUT2D eigenvalue weighted by atomic mass is 32.2. The molecule has 7 nitrogen and oxygen atoms in total. The zero-order chi connectivity index (χ0) is 18.7. The van der Waals surface area contributed by atoms with Crippen molar-refractivity contribution in [1.29, 1.82) is 0 Å². The van der Waals surface area contributed by atoms with Crippen LogP contribution in [-0.4, -0.2) is 52.2 Å². The zero-order valence-electron chi connectivity index (χ0n) is 15.7. The fourth-order valence-electron chi connectivity index (χ4n) is 2.78. The van der Waals surface area contributed by atoms with Crippen LogP contribution in [0, 0.1) is 13.8 Å². The summed E-state index contributed by atoms with van der Waals surface area (Å²) in [6, 6.07) is 5.92. The predicted molar refractivity (Wildman–Crippen MR) is 104 cm³/mol. The minimum absolute atomic E-state index is 0.0420. The normalized spacial score (nSPS) is 15.8. The summed E-state index contributed by atoms with van der Waals surface area (Å²) in [5.41, 5.74) is 3.10. The Balaban J connectivity index is 1.66. The van der Waals surface area contributed by atoms with E-state index in [1.54, 1.807) is 0 Å². The number of hydrogen-bond donors (Lipinski definition) is 1. The van der Waals surface area contributed by atoms with Crippen LogP contribution < -0.4 is 10.2 Å². The molecule has 0 radical (unpaired) electrons. The van der Waals surface area contributed by atoms with Gasteiger partial charge in [-0.3, -0.25) is 9.36 Å². The van der Waals surface area contributed by atoms with Gasteiger partial charge < -0.3 is 15.0 Å². The van der Waals surface area contributed by atoms with Crippen molar-refractivity contribution in [2.75, 3.05) is 36.5 Å². The molecule has 2 heterocycles. The van der Waals surface area contributed by atoms with Crippen LogP contribution in [0.2, 0.25) is 0 Å². The van der Waals surface area contributed by atoms with Gasteiger partial charge in [0.25, 0.3) is 0 Å². The number of anilines is 2. The third kappa shape index (κ3) is 4.02. The number of hydrogen-bond acceptors (Lipinski definition) is 6. The smallest absolute Gasteiger partial charge is 0.237 e. The lowest BCUT2D eigenvalue weighted by molar-refractivity contribution is -0.115. The summed E-state index contributed by atoms with van der Waals surface area (Å²) in [5.74, 6) is 0.776. The largest absolute Gasteiger partial charge is 0.378 e. The van der Waals surface area contributed by atoms with Gasteiger partial charge in [-0.1, -0.05) is 23.9 Å². The SMILES string of the molecule is Cc1cccc(NC(=O)C(C)Sc2nnc(N3CCOCC3)n2C)c1C. The Morgan fingerprint density at radius 1 is 1.27 bits per heavy atom. The maximum atomic E-state index is 12.6. The number of carbonyl (C=O) groups excluding carboxylic acids is 1. The van der Waals surface area contributed by atoms with Crippen LogP contribution in [0.5, 0.6) is 0 Å². The number of ether oxygens (including phenoxy) is 1. The second-order valence-electron chi connectivity index (χ2n) is 6.44. The Morgan fingerprint density at radius 2 is 2.00 bits per heavy atom. The van der Waals surface area contributed by atoms with Gasteiger partial charge in [-0.25, -0.2) is 0 Å². The fraction of sp³-hybridized carbons (Fsp3) is 0.500. The van der Waals surface area contributed by atoms with E-state index >= 15 is 0 Å². The number of carbonyl (C=O) groups is 1. The van der Waals surface area contributed by atoms with E-state index in [1.165, 1.54) is 11.8 Å². The lowest BCUT2D eigenvalue weighted by Crippen LogP contribution is -2.37. The fourth-order valence-corrected chi connectivity index (χ4v) is 3.59. The molecule has 1 saturated heterocycles. The Kier molecular flexibility index (Phi) is 5.83. The van der Waals surface area contributed by atoms with Crippen molar-refractivity contribution < 1.29 is 9.53 Å². The van der Waals surface area contributed by atoms with E-state index in [-0.39, 0.29) is 11.2 Å².